The van der Waals surface area contributed by atoms with Crippen LogP contribution in [-0.4, -0.2) is 38.5 Å². The quantitative estimate of drug-likeness (QED) is 0.0874. The van der Waals surface area contributed by atoms with Gasteiger partial charge in [0.25, 0.3) is 11.8 Å². The third-order valence-electron chi connectivity index (χ3n) is 9.43. The van der Waals surface area contributed by atoms with Crippen molar-refractivity contribution in [1.82, 2.24) is 0 Å². The summed E-state index contributed by atoms with van der Waals surface area (Å²) < 4.78 is 79.2. The molecule has 4 aliphatic rings. The highest BCUT2D eigenvalue weighted by Crippen LogP contribution is 2.66. The van der Waals surface area contributed by atoms with Gasteiger partial charge in [-0.3, -0.25) is 24.1 Å². The molecule has 0 spiro atoms. The first-order valence-corrected chi connectivity index (χ1v) is 15.5. The zero-order chi connectivity index (χ0) is 33.9. The van der Waals surface area contributed by atoms with E-state index >= 15 is 8.78 Å². The minimum Gasteiger partial charge on any atom is -0.463 e. The highest BCUT2D eigenvalue weighted by atomic mass is 79.9. The number of aliphatic hydroxyl groups excluding tert-OH is 1. The Morgan fingerprint density at radius 3 is 2.04 bits per heavy atom. The van der Waals surface area contributed by atoms with E-state index in [1.807, 2.05) is 0 Å². The molecule has 7 rings (SSSR count). The minimum atomic E-state index is -2.71. The van der Waals surface area contributed by atoms with Gasteiger partial charge in [-0.25, -0.2) is 26.9 Å². The molecule has 1 N–H and O–H groups in total. The van der Waals surface area contributed by atoms with Crippen molar-refractivity contribution in [1.29, 1.82) is 0 Å². The van der Waals surface area contributed by atoms with Gasteiger partial charge in [-0.15, -0.1) is 23.2 Å². The molecule has 3 aromatic rings. The van der Waals surface area contributed by atoms with Gasteiger partial charge in [-0.1, -0.05) is 27.6 Å². The molecule has 0 unspecified atom stereocenters. The van der Waals surface area contributed by atoms with Crippen molar-refractivity contribution in [3.8, 4) is 0 Å². The molecule has 1 aromatic heterocycles. The SMILES string of the molecule is O=C1[C@H]2[C@H](CC=C3[C@H]2C[C@@]2(Cl)C(=O)N(c4c(F)c(F)c(F)c(F)c4F)C(=O)[C@@]2(Cl)[C@H]3c2ccc(CO)o2)C(=O)N1c1ccc(Br)cc1. The summed E-state index contributed by atoms with van der Waals surface area (Å²) >= 11 is 17.3. The number of fused-ring (bicyclic) bond motifs is 4. The third kappa shape index (κ3) is 4.07. The van der Waals surface area contributed by atoms with Crippen molar-refractivity contribution in [3.05, 3.63) is 93.1 Å². The fourth-order valence-corrected chi connectivity index (χ4v) is 8.54. The van der Waals surface area contributed by atoms with E-state index in [4.69, 9.17) is 27.6 Å². The molecule has 0 bridgehead atoms. The molecule has 2 aliphatic carbocycles. The van der Waals surface area contributed by atoms with E-state index < -0.39 is 105 Å². The molecule has 2 saturated heterocycles. The lowest BCUT2D eigenvalue weighted by molar-refractivity contribution is -0.125. The fraction of sp³-hybridized carbons (Fsp3) is 0.290. The van der Waals surface area contributed by atoms with Crippen LogP contribution in [0.25, 0.3) is 0 Å². The second-order valence-corrected chi connectivity index (χ2v) is 13.8. The number of hydrogen-bond acceptors (Lipinski definition) is 6. The molecular weight excluding hydrogens is 742 g/mol. The molecule has 8 nitrogen and oxygen atoms in total. The number of nitrogens with zero attached hydrogens (tertiary/aromatic N) is 2. The van der Waals surface area contributed by atoms with E-state index in [0.29, 0.717) is 4.47 Å². The molecule has 2 aromatic carbocycles. The maximum Gasteiger partial charge on any atom is 0.258 e. The predicted octanol–water partition coefficient (Wildman–Crippen LogP) is 6.00. The molecule has 4 amide bonds. The van der Waals surface area contributed by atoms with Gasteiger partial charge in [-0.2, -0.15) is 0 Å². The minimum absolute atomic E-state index is 0.0150. The molecule has 2 aliphatic heterocycles. The number of allylic oxidation sites excluding steroid dienone is 2. The third-order valence-corrected chi connectivity index (χ3v) is 11.4. The number of benzene rings is 2. The Bertz CT molecular complexity index is 1940. The van der Waals surface area contributed by atoms with Crippen LogP contribution in [0.1, 0.15) is 30.3 Å². The summed E-state index contributed by atoms with van der Waals surface area (Å²) in [5.41, 5.74) is -1.37. The van der Waals surface area contributed by atoms with Crippen LogP contribution in [0.4, 0.5) is 33.3 Å². The van der Waals surface area contributed by atoms with E-state index in [0.717, 1.165) is 4.90 Å². The average Bonchev–Trinajstić information content (AvgIpc) is 3.67. The maximum absolute atomic E-state index is 15.1. The normalized spacial score (nSPS) is 30.1. The van der Waals surface area contributed by atoms with Crippen molar-refractivity contribution in [2.24, 2.45) is 17.8 Å². The topological polar surface area (TPSA) is 108 Å². The summed E-state index contributed by atoms with van der Waals surface area (Å²) in [5, 5.41) is 9.67. The average molecular weight is 760 g/mol. The van der Waals surface area contributed by atoms with Crippen LogP contribution in [0.2, 0.25) is 0 Å². The summed E-state index contributed by atoms with van der Waals surface area (Å²) in [4.78, 5) is 51.4. The van der Waals surface area contributed by atoms with E-state index in [1.54, 1.807) is 30.3 Å². The molecule has 47 heavy (non-hydrogen) atoms. The van der Waals surface area contributed by atoms with Gasteiger partial charge in [0.05, 0.1) is 23.4 Å². The van der Waals surface area contributed by atoms with Crippen molar-refractivity contribution >= 4 is 74.1 Å². The highest BCUT2D eigenvalue weighted by Gasteiger charge is 2.77. The van der Waals surface area contributed by atoms with Crippen LogP contribution >= 0.6 is 39.1 Å². The standard InChI is InChI=1S/C31H18BrCl2F5N2O6/c32-11-1-3-12(4-2-11)40-26(43)15-7-6-14-16(18(15)27(40)44)9-30(33)28(45)41(25-23(38)21(36)20(35)22(37)24(25)39)29(46)31(30,34)19(14)17-8-5-13(10-42)47-17/h1-6,8,15-16,18-19,42H,7,9-10H2/t15-,16+,18-,19+,30+,31-/m0/s1. The van der Waals surface area contributed by atoms with Crippen LogP contribution in [0.5, 0.6) is 0 Å². The van der Waals surface area contributed by atoms with Gasteiger partial charge in [0.1, 0.15) is 23.8 Å². The van der Waals surface area contributed by atoms with E-state index in [-0.39, 0.29) is 34.1 Å². The maximum atomic E-state index is 15.1. The van der Waals surface area contributed by atoms with Crippen LogP contribution in [-0.2, 0) is 25.8 Å². The summed E-state index contributed by atoms with van der Waals surface area (Å²) in [6.45, 7) is -0.611. The number of carbonyl (C=O) groups is 4. The van der Waals surface area contributed by atoms with Crippen molar-refractivity contribution < 1.29 is 50.7 Å². The lowest BCUT2D eigenvalue weighted by Gasteiger charge is -2.49. The molecule has 16 heteroatoms. The van der Waals surface area contributed by atoms with Crippen LogP contribution < -0.4 is 9.80 Å². The number of aliphatic hydroxyl groups is 1. The van der Waals surface area contributed by atoms with E-state index in [9.17, 15) is 37.5 Å². The van der Waals surface area contributed by atoms with Crippen molar-refractivity contribution in [3.63, 3.8) is 0 Å². The number of halogens is 8. The zero-order valence-corrected chi connectivity index (χ0v) is 26.5. The summed E-state index contributed by atoms with van der Waals surface area (Å²) in [6, 6.07) is 8.97. The van der Waals surface area contributed by atoms with Crippen molar-refractivity contribution in [2.75, 3.05) is 9.80 Å². The van der Waals surface area contributed by atoms with E-state index in [2.05, 4.69) is 15.9 Å². The van der Waals surface area contributed by atoms with Gasteiger partial charge in [0.15, 0.2) is 33.0 Å². The number of alkyl halides is 2. The molecule has 0 radical (unpaired) electrons. The van der Waals surface area contributed by atoms with Gasteiger partial charge in [0, 0.05) is 4.47 Å². The van der Waals surface area contributed by atoms with Crippen LogP contribution in [0.15, 0.2) is 56.9 Å². The van der Waals surface area contributed by atoms with Gasteiger partial charge in [-0.05, 0) is 55.2 Å². The number of imide groups is 2. The summed E-state index contributed by atoms with van der Waals surface area (Å²) in [5.74, 6) is -21.6. The van der Waals surface area contributed by atoms with Crippen molar-refractivity contribution in [2.45, 2.75) is 35.1 Å². The predicted molar refractivity (Wildman–Crippen MR) is 158 cm³/mol. The van der Waals surface area contributed by atoms with Crippen LogP contribution in [0.3, 0.4) is 0 Å². The van der Waals surface area contributed by atoms with Gasteiger partial charge >= 0.3 is 0 Å². The second kappa shape index (κ2) is 10.7. The first-order chi connectivity index (χ1) is 22.2. The highest BCUT2D eigenvalue weighted by molar-refractivity contribution is 9.10. The Kier molecular flexibility index (Phi) is 7.29. The lowest BCUT2D eigenvalue weighted by atomic mass is 9.57. The molecule has 3 fully saturated rings. The lowest BCUT2D eigenvalue weighted by Crippen LogP contribution is -2.60. The Morgan fingerprint density at radius 2 is 1.45 bits per heavy atom. The fourth-order valence-electron chi connectivity index (χ4n) is 7.36. The number of rotatable bonds is 4. The summed E-state index contributed by atoms with van der Waals surface area (Å²) in [7, 11) is 0. The number of hydrogen-bond donors (Lipinski definition) is 1. The van der Waals surface area contributed by atoms with Gasteiger partial charge < -0.3 is 9.52 Å². The van der Waals surface area contributed by atoms with E-state index in [1.165, 1.54) is 12.1 Å². The Morgan fingerprint density at radius 1 is 0.830 bits per heavy atom. The second-order valence-electron chi connectivity index (χ2n) is 11.6. The first kappa shape index (κ1) is 32.0. The van der Waals surface area contributed by atoms with Crippen LogP contribution in [0, 0.1) is 46.8 Å². The summed E-state index contributed by atoms with van der Waals surface area (Å²) in [6.07, 6.45) is 0.885. The molecule has 1 saturated carbocycles. The largest absolute Gasteiger partial charge is 0.463 e. The monoisotopic (exact) mass is 758 g/mol. The molecular formula is C31H18BrCl2F5N2O6. The number of anilines is 2. The number of carbonyl (C=O) groups excluding carboxylic acids is 4. The van der Waals surface area contributed by atoms with Gasteiger partial charge in [0.2, 0.25) is 17.6 Å². The zero-order valence-electron chi connectivity index (χ0n) is 23.4. The molecule has 3 heterocycles. The number of furan rings is 1. The Labute approximate surface area is 279 Å². The molecule has 244 valence electrons. The number of amides is 4. The first-order valence-electron chi connectivity index (χ1n) is 14.0. The Balaban J connectivity index is 1.41. The smallest absolute Gasteiger partial charge is 0.258 e. The molecule has 6 atom stereocenters. The Hall–Kier alpha value is -3.59.